The highest BCUT2D eigenvalue weighted by Gasteiger charge is 2.16. The zero-order valence-corrected chi connectivity index (χ0v) is 12.0. The van der Waals surface area contributed by atoms with E-state index in [1.807, 2.05) is 44.2 Å². The number of phenolic OH excluding ortho intramolecular Hbond substituents is 1. The number of benzene rings is 2. The van der Waals surface area contributed by atoms with Crippen LogP contribution >= 0.6 is 0 Å². The number of nitrogens with one attached hydrogen (secondary N) is 1. The lowest BCUT2D eigenvalue weighted by Crippen LogP contribution is -2.27. The van der Waals surface area contributed by atoms with Crippen LogP contribution in [0.3, 0.4) is 0 Å². The molecule has 0 saturated heterocycles. The number of aromatic hydroxyl groups is 1. The van der Waals surface area contributed by atoms with Gasteiger partial charge < -0.3 is 10.4 Å². The molecule has 4 nitrogen and oxygen atoms in total. The van der Waals surface area contributed by atoms with E-state index >= 15 is 0 Å². The molecule has 0 saturated carbocycles. The first-order valence-electron chi connectivity index (χ1n) is 6.86. The largest absolute Gasteiger partial charge is 0.507 e. The molecule has 0 amide bonds. The predicted molar refractivity (Wildman–Crippen MR) is 84.9 cm³/mol. The quantitative estimate of drug-likeness (QED) is 0.887. The molecule has 0 bridgehead atoms. The van der Waals surface area contributed by atoms with Gasteiger partial charge in [-0.25, -0.2) is 9.98 Å². The van der Waals surface area contributed by atoms with Gasteiger partial charge in [-0.05, 0) is 31.5 Å². The minimum absolute atomic E-state index is 0.213. The van der Waals surface area contributed by atoms with Crippen molar-refractivity contribution in [1.82, 2.24) is 5.32 Å². The fourth-order valence-electron chi connectivity index (χ4n) is 2.34. The van der Waals surface area contributed by atoms with E-state index in [0.717, 1.165) is 11.1 Å². The van der Waals surface area contributed by atoms with Gasteiger partial charge >= 0.3 is 0 Å². The van der Waals surface area contributed by atoms with Crippen LogP contribution in [0.4, 0.5) is 0 Å². The van der Waals surface area contributed by atoms with Crippen LogP contribution < -0.4 is 5.32 Å². The van der Waals surface area contributed by atoms with Crippen LogP contribution in [0.25, 0.3) is 0 Å². The number of nitrogens with zero attached hydrogens (tertiary/aromatic N) is 2. The van der Waals surface area contributed by atoms with Crippen molar-refractivity contribution in [2.45, 2.75) is 20.0 Å². The van der Waals surface area contributed by atoms with E-state index in [1.165, 1.54) is 5.56 Å². The van der Waals surface area contributed by atoms with Crippen LogP contribution in [0.15, 0.2) is 52.4 Å². The van der Waals surface area contributed by atoms with Gasteiger partial charge in [0.15, 0.2) is 6.17 Å². The zero-order valence-electron chi connectivity index (χ0n) is 12.0. The van der Waals surface area contributed by atoms with E-state index in [-0.39, 0.29) is 11.9 Å². The molecule has 3 rings (SSSR count). The van der Waals surface area contributed by atoms with Crippen LogP contribution in [0.2, 0.25) is 0 Å². The van der Waals surface area contributed by atoms with E-state index < -0.39 is 0 Å². The van der Waals surface area contributed by atoms with Gasteiger partial charge in [0, 0.05) is 0 Å². The molecule has 0 aliphatic carbocycles. The molecule has 1 heterocycles. The Hall–Kier alpha value is -2.62. The summed E-state index contributed by atoms with van der Waals surface area (Å²) in [7, 11) is 0. The summed E-state index contributed by atoms with van der Waals surface area (Å²) in [6.45, 7) is 4.03. The van der Waals surface area contributed by atoms with E-state index in [4.69, 9.17) is 0 Å². The fourth-order valence-corrected chi connectivity index (χ4v) is 2.34. The van der Waals surface area contributed by atoms with E-state index in [9.17, 15) is 5.11 Å². The summed E-state index contributed by atoms with van der Waals surface area (Å²) in [5.74, 6) is 0.850. The average Bonchev–Trinajstić information content (AvgIpc) is 2.50. The molecule has 21 heavy (non-hydrogen) atoms. The Bertz CT molecular complexity index is 735. The topological polar surface area (TPSA) is 57.0 Å². The second-order valence-electron chi connectivity index (χ2n) is 5.21. The average molecular weight is 279 g/mol. The van der Waals surface area contributed by atoms with Crippen molar-refractivity contribution >= 4 is 12.2 Å². The van der Waals surface area contributed by atoms with Gasteiger partial charge in [0.05, 0.1) is 11.9 Å². The normalized spacial score (nSPS) is 17.2. The first kappa shape index (κ1) is 13.4. The second kappa shape index (κ2) is 5.40. The standard InChI is InChI=1S/C17H17N3O/c1-11-4-3-5-13(8-11)16-18-10-19-17(20-16)14-9-12(2)6-7-15(14)21/h3-10,16,21H,1-2H3,(H,18,19,20). The molecule has 106 valence electrons. The lowest BCUT2D eigenvalue weighted by Gasteiger charge is -2.18. The first-order valence-corrected chi connectivity index (χ1v) is 6.86. The van der Waals surface area contributed by atoms with E-state index in [2.05, 4.69) is 21.4 Å². The lowest BCUT2D eigenvalue weighted by molar-refractivity contribution is 0.473. The van der Waals surface area contributed by atoms with Crippen LogP contribution in [0.5, 0.6) is 5.75 Å². The minimum atomic E-state index is -0.277. The number of hydrogen-bond acceptors (Lipinski definition) is 4. The maximum atomic E-state index is 10.0. The third-order valence-corrected chi connectivity index (χ3v) is 3.42. The molecule has 2 N–H and O–H groups in total. The summed E-state index contributed by atoms with van der Waals surface area (Å²) in [4.78, 5) is 8.98. The van der Waals surface area contributed by atoms with Crippen molar-refractivity contribution in [2.24, 2.45) is 9.98 Å². The summed E-state index contributed by atoms with van der Waals surface area (Å²) in [6, 6.07) is 13.6. The van der Waals surface area contributed by atoms with Crippen molar-refractivity contribution in [3.63, 3.8) is 0 Å². The van der Waals surface area contributed by atoms with Crippen LogP contribution in [0, 0.1) is 13.8 Å². The van der Waals surface area contributed by atoms with Gasteiger partial charge in [-0.15, -0.1) is 0 Å². The summed E-state index contributed by atoms with van der Waals surface area (Å²) in [6.07, 6.45) is 1.36. The highest BCUT2D eigenvalue weighted by Crippen LogP contribution is 2.25. The Morgan fingerprint density at radius 1 is 1.05 bits per heavy atom. The van der Waals surface area contributed by atoms with E-state index in [1.54, 1.807) is 12.4 Å². The monoisotopic (exact) mass is 279 g/mol. The van der Waals surface area contributed by atoms with Crippen molar-refractivity contribution in [3.05, 3.63) is 64.7 Å². The van der Waals surface area contributed by atoms with Crippen molar-refractivity contribution in [3.8, 4) is 5.75 Å². The Morgan fingerprint density at radius 2 is 1.86 bits per heavy atom. The molecule has 1 unspecified atom stereocenters. The molecule has 4 heteroatoms. The summed E-state index contributed by atoms with van der Waals surface area (Å²) in [5, 5.41) is 13.0. The highest BCUT2D eigenvalue weighted by molar-refractivity contribution is 6.07. The Kier molecular flexibility index (Phi) is 3.44. The molecule has 0 radical (unpaired) electrons. The summed E-state index contributed by atoms with van der Waals surface area (Å²) >= 11 is 0. The number of hydrogen-bond donors (Lipinski definition) is 2. The van der Waals surface area contributed by atoms with Crippen LogP contribution in [-0.2, 0) is 0 Å². The Morgan fingerprint density at radius 3 is 2.67 bits per heavy atom. The molecule has 2 aromatic carbocycles. The molecule has 1 aliphatic heterocycles. The molecular formula is C17H17N3O. The predicted octanol–water partition coefficient (Wildman–Crippen LogP) is 3.09. The lowest BCUT2D eigenvalue weighted by atomic mass is 10.1. The molecule has 0 fully saturated rings. The van der Waals surface area contributed by atoms with Gasteiger partial charge in [0.1, 0.15) is 11.6 Å². The fraction of sp³-hybridized carbons (Fsp3) is 0.176. The SMILES string of the molecule is Cc1cccc(C2N=CNC(c3cc(C)ccc3O)=N2)c1. The molecule has 1 aliphatic rings. The minimum Gasteiger partial charge on any atom is -0.507 e. The van der Waals surface area contributed by atoms with Gasteiger partial charge in [-0.3, -0.25) is 0 Å². The van der Waals surface area contributed by atoms with Crippen molar-refractivity contribution in [2.75, 3.05) is 0 Å². The van der Waals surface area contributed by atoms with Crippen LogP contribution in [0.1, 0.15) is 28.4 Å². The number of phenols is 1. The van der Waals surface area contributed by atoms with Gasteiger partial charge in [0.2, 0.25) is 0 Å². The van der Waals surface area contributed by atoms with Crippen molar-refractivity contribution in [1.29, 1.82) is 0 Å². The Balaban J connectivity index is 1.99. The molecule has 1 atom stereocenters. The third-order valence-electron chi connectivity index (χ3n) is 3.42. The summed E-state index contributed by atoms with van der Waals surface area (Å²) in [5.41, 5.74) is 3.98. The second-order valence-corrected chi connectivity index (χ2v) is 5.21. The maximum absolute atomic E-state index is 10.0. The molecule has 2 aromatic rings. The first-order chi connectivity index (χ1) is 10.1. The maximum Gasteiger partial charge on any atom is 0.169 e. The smallest absolute Gasteiger partial charge is 0.169 e. The van der Waals surface area contributed by atoms with Gasteiger partial charge in [0.25, 0.3) is 0 Å². The third kappa shape index (κ3) is 2.79. The van der Waals surface area contributed by atoms with Crippen LogP contribution in [-0.4, -0.2) is 17.3 Å². The van der Waals surface area contributed by atoms with E-state index in [0.29, 0.717) is 11.4 Å². The number of rotatable bonds is 2. The highest BCUT2D eigenvalue weighted by atomic mass is 16.3. The van der Waals surface area contributed by atoms with Gasteiger partial charge in [-0.1, -0.05) is 41.5 Å². The molecule has 0 spiro atoms. The number of aryl methyl sites for hydroxylation is 2. The molecular weight excluding hydrogens is 262 g/mol. The summed E-state index contributed by atoms with van der Waals surface area (Å²) < 4.78 is 0. The zero-order chi connectivity index (χ0) is 14.8. The van der Waals surface area contributed by atoms with Gasteiger partial charge in [-0.2, -0.15) is 0 Å². The Labute approximate surface area is 123 Å². The number of amidine groups is 1. The number of aliphatic imine (C=N–C) groups is 2. The molecule has 0 aromatic heterocycles. The van der Waals surface area contributed by atoms with Crippen molar-refractivity contribution < 1.29 is 5.11 Å².